The fourth-order valence-electron chi connectivity index (χ4n) is 2.23. The summed E-state index contributed by atoms with van der Waals surface area (Å²) in [6.45, 7) is 4.17. The van der Waals surface area contributed by atoms with Crippen LogP contribution in [0.15, 0.2) is 17.0 Å². The normalized spacial score (nSPS) is 14.8. The lowest BCUT2D eigenvalue weighted by molar-refractivity contribution is 0.102. The van der Waals surface area contributed by atoms with Gasteiger partial charge in [-0.05, 0) is 0 Å². The van der Waals surface area contributed by atoms with Crippen LogP contribution in [0.25, 0.3) is 0 Å². The largest absolute Gasteiger partial charge is 0.448 e. The standard InChI is InChI=1S/C14H16FN5O3/c1-2-10-11(17-8-23-10)13(21)18-12-9(15)7-16-14(19-12)20-3-5-22-6-4-20/h7-8H,2-6H2,1H3,(H,16,18,19,21). The van der Waals surface area contributed by atoms with Crippen molar-refractivity contribution in [2.24, 2.45) is 0 Å². The molecule has 2 aromatic heterocycles. The molecule has 0 aliphatic carbocycles. The van der Waals surface area contributed by atoms with E-state index < -0.39 is 11.7 Å². The van der Waals surface area contributed by atoms with Crippen molar-refractivity contribution in [3.8, 4) is 0 Å². The van der Waals surface area contributed by atoms with E-state index in [4.69, 9.17) is 9.15 Å². The summed E-state index contributed by atoms with van der Waals surface area (Å²) in [7, 11) is 0. The maximum Gasteiger partial charge on any atom is 0.279 e. The molecule has 23 heavy (non-hydrogen) atoms. The summed E-state index contributed by atoms with van der Waals surface area (Å²) in [5.74, 6) is -0.680. The average molecular weight is 321 g/mol. The van der Waals surface area contributed by atoms with Gasteiger partial charge in [0, 0.05) is 19.5 Å². The highest BCUT2D eigenvalue weighted by atomic mass is 19.1. The van der Waals surface area contributed by atoms with Gasteiger partial charge in [0.25, 0.3) is 5.91 Å². The number of anilines is 2. The number of morpholine rings is 1. The second kappa shape index (κ2) is 6.69. The minimum absolute atomic E-state index is 0.124. The van der Waals surface area contributed by atoms with E-state index in [9.17, 15) is 9.18 Å². The molecule has 3 heterocycles. The number of rotatable bonds is 4. The van der Waals surface area contributed by atoms with Gasteiger partial charge >= 0.3 is 0 Å². The van der Waals surface area contributed by atoms with Crippen molar-refractivity contribution in [2.45, 2.75) is 13.3 Å². The van der Waals surface area contributed by atoms with Gasteiger partial charge in [0.05, 0.1) is 19.4 Å². The Morgan fingerprint density at radius 1 is 1.39 bits per heavy atom. The Morgan fingerprint density at radius 3 is 2.91 bits per heavy atom. The third-order valence-corrected chi connectivity index (χ3v) is 3.43. The van der Waals surface area contributed by atoms with Crippen LogP contribution >= 0.6 is 0 Å². The fourth-order valence-corrected chi connectivity index (χ4v) is 2.23. The molecule has 0 spiro atoms. The number of hydrogen-bond donors (Lipinski definition) is 1. The van der Waals surface area contributed by atoms with Crippen LogP contribution in [0.3, 0.4) is 0 Å². The van der Waals surface area contributed by atoms with Gasteiger partial charge < -0.3 is 19.4 Å². The Morgan fingerprint density at radius 2 is 2.17 bits per heavy atom. The van der Waals surface area contributed by atoms with Gasteiger partial charge in [0.15, 0.2) is 23.7 Å². The van der Waals surface area contributed by atoms with E-state index in [2.05, 4.69) is 20.3 Å². The molecule has 0 aromatic carbocycles. The summed E-state index contributed by atoms with van der Waals surface area (Å²) >= 11 is 0. The predicted molar refractivity (Wildman–Crippen MR) is 78.9 cm³/mol. The van der Waals surface area contributed by atoms with Gasteiger partial charge in [-0.1, -0.05) is 6.92 Å². The zero-order chi connectivity index (χ0) is 16.2. The summed E-state index contributed by atoms with van der Waals surface area (Å²) in [4.78, 5) is 26.0. The highest BCUT2D eigenvalue weighted by Gasteiger charge is 2.20. The topological polar surface area (TPSA) is 93.4 Å². The minimum atomic E-state index is -0.711. The number of halogens is 1. The molecule has 1 aliphatic rings. The number of ether oxygens (including phenoxy) is 1. The molecule has 0 unspecified atom stereocenters. The molecule has 0 radical (unpaired) electrons. The number of hydrogen-bond acceptors (Lipinski definition) is 7. The number of aryl methyl sites for hydroxylation is 1. The summed E-state index contributed by atoms with van der Waals surface area (Å²) in [6.07, 6.45) is 2.73. The van der Waals surface area contributed by atoms with Crippen molar-refractivity contribution in [3.63, 3.8) is 0 Å². The van der Waals surface area contributed by atoms with Crippen molar-refractivity contribution in [2.75, 3.05) is 36.5 Å². The van der Waals surface area contributed by atoms with Gasteiger partial charge in [-0.25, -0.2) is 14.4 Å². The first kappa shape index (κ1) is 15.3. The van der Waals surface area contributed by atoms with E-state index in [-0.39, 0.29) is 11.5 Å². The van der Waals surface area contributed by atoms with Gasteiger partial charge in [0.2, 0.25) is 5.95 Å². The average Bonchev–Trinajstić information content (AvgIpc) is 3.06. The molecule has 1 fully saturated rings. The number of aromatic nitrogens is 3. The summed E-state index contributed by atoms with van der Waals surface area (Å²) in [5, 5.41) is 2.42. The molecular formula is C14H16FN5O3. The Labute approximate surface area is 131 Å². The quantitative estimate of drug-likeness (QED) is 0.906. The Balaban J connectivity index is 1.80. The van der Waals surface area contributed by atoms with Crippen molar-refractivity contribution in [3.05, 3.63) is 29.9 Å². The maximum absolute atomic E-state index is 13.9. The SMILES string of the molecule is CCc1ocnc1C(=O)Nc1nc(N2CCOCC2)ncc1F. The Bertz CT molecular complexity index is 699. The number of oxazole rings is 1. The summed E-state index contributed by atoms with van der Waals surface area (Å²) < 4.78 is 24.3. The van der Waals surface area contributed by atoms with Crippen LogP contribution in [0, 0.1) is 5.82 Å². The molecule has 3 rings (SSSR count). The van der Waals surface area contributed by atoms with Crippen LogP contribution in [0.4, 0.5) is 16.2 Å². The van der Waals surface area contributed by atoms with Gasteiger partial charge in [-0.2, -0.15) is 4.98 Å². The van der Waals surface area contributed by atoms with Crippen molar-refractivity contribution in [1.82, 2.24) is 15.0 Å². The lowest BCUT2D eigenvalue weighted by atomic mass is 10.2. The van der Waals surface area contributed by atoms with E-state index in [0.29, 0.717) is 44.4 Å². The molecule has 0 atom stereocenters. The number of nitrogens with one attached hydrogen (secondary N) is 1. The van der Waals surface area contributed by atoms with Crippen molar-refractivity contribution >= 4 is 17.7 Å². The Kier molecular flexibility index (Phi) is 4.47. The molecule has 2 aromatic rings. The molecule has 9 heteroatoms. The molecular weight excluding hydrogens is 305 g/mol. The van der Waals surface area contributed by atoms with Crippen molar-refractivity contribution in [1.29, 1.82) is 0 Å². The number of carbonyl (C=O) groups is 1. The van der Waals surface area contributed by atoms with E-state index in [1.165, 1.54) is 6.39 Å². The molecule has 1 N–H and O–H groups in total. The highest BCUT2D eigenvalue weighted by molar-refractivity contribution is 6.03. The number of amides is 1. The zero-order valence-electron chi connectivity index (χ0n) is 12.6. The summed E-state index contributed by atoms with van der Waals surface area (Å²) in [5.41, 5.74) is 0.124. The Hall–Kier alpha value is -2.55. The second-order valence-corrected chi connectivity index (χ2v) is 4.90. The lowest BCUT2D eigenvalue weighted by Crippen LogP contribution is -2.37. The van der Waals surface area contributed by atoms with Gasteiger partial charge in [-0.15, -0.1) is 0 Å². The van der Waals surface area contributed by atoms with Gasteiger partial charge in [-0.3, -0.25) is 4.79 Å². The van der Waals surface area contributed by atoms with Crippen LogP contribution in [0.1, 0.15) is 23.2 Å². The first-order chi connectivity index (χ1) is 11.2. The highest BCUT2D eigenvalue weighted by Crippen LogP contribution is 2.17. The molecule has 0 bridgehead atoms. The van der Waals surface area contributed by atoms with Gasteiger partial charge in [0.1, 0.15) is 5.76 Å². The molecule has 1 aliphatic heterocycles. The van der Waals surface area contributed by atoms with E-state index in [1.807, 2.05) is 11.8 Å². The first-order valence-electron chi connectivity index (χ1n) is 7.28. The van der Waals surface area contributed by atoms with E-state index >= 15 is 0 Å². The minimum Gasteiger partial charge on any atom is -0.448 e. The fraction of sp³-hybridized carbons (Fsp3) is 0.429. The smallest absolute Gasteiger partial charge is 0.279 e. The zero-order valence-corrected chi connectivity index (χ0v) is 12.6. The first-order valence-corrected chi connectivity index (χ1v) is 7.28. The van der Waals surface area contributed by atoms with E-state index in [0.717, 1.165) is 6.20 Å². The maximum atomic E-state index is 13.9. The number of nitrogens with zero attached hydrogens (tertiary/aromatic N) is 4. The predicted octanol–water partition coefficient (Wildman–Crippen LogP) is 1.25. The second-order valence-electron chi connectivity index (χ2n) is 4.90. The van der Waals surface area contributed by atoms with Crippen LogP contribution in [-0.4, -0.2) is 47.2 Å². The van der Waals surface area contributed by atoms with Crippen LogP contribution < -0.4 is 10.2 Å². The monoisotopic (exact) mass is 321 g/mol. The van der Waals surface area contributed by atoms with Crippen LogP contribution in [-0.2, 0) is 11.2 Å². The number of carbonyl (C=O) groups excluding carboxylic acids is 1. The van der Waals surface area contributed by atoms with Crippen LogP contribution in [0.5, 0.6) is 0 Å². The molecule has 1 amide bonds. The molecule has 1 saturated heterocycles. The van der Waals surface area contributed by atoms with E-state index in [1.54, 1.807) is 0 Å². The third-order valence-electron chi connectivity index (χ3n) is 3.43. The van der Waals surface area contributed by atoms with Crippen molar-refractivity contribution < 1.29 is 18.3 Å². The molecule has 122 valence electrons. The molecule has 0 saturated carbocycles. The van der Waals surface area contributed by atoms with Crippen LogP contribution in [0.2, 0.25) is 0 Å². The lowest BCUT2D eigenvalue weighted by Gasteiger charge is -2.26. The summed E-state index contributed by atoms with van der Waals surface area (Å²) in [6, 6.07) is 0. The molecule has 8 nitrogen and oxygen atoms in total. The third kappa shape index (κ3) is 3.29.